The summed E-state index contributed by atoms with van der Waals surface area (Å²) in [4.78, 5) is 5.02. The third-order valence-corrected chi connectivity index (χ3v) is 8.66. The molecule has 6 aromatic carbocycles. The van der Waals surface area contributed by atoms with E-state index in [1.165, 1.54) is 5.56 Å². The maximum Gasteiger partial charge on any atom is 0.145 e. The molecule has 8 aromatic rings. The molecule has 45 heavy (non-hydrogen) atoms. The normalized spacial score (nSPS) is 11.8. The molecule has 0 saturated carbocycles. The number of unbranched alkanes of at least 4 members (excludes halogenated alkanes) is 1. The average Bonchev–Trinajstić information content (AvgIpc) is 3.41. The van der Waals surface area contributed by atoms with Crippen molar-refractivity contribution in [1.29, 1.82) is 0 Å². The minimum Gasteiger partial charge on any atom is -0.456 e. The molecular weight excluding hydrogens is 548 g/mol. The first kappa shape index (κ1) is 26.9. The summed E-state index contributed by atoms with van der Waals surface area (Å²) in [6.07, 6.45) is 6.40. The SMILES string of the molecule is C=c1cccc2c1c(C=CCCC)oc1ccc(-c3ccc(-n4c(-c5ccccc5)nc5ccccc54)cc3)c3cccc2c13. The smallest absolute Gasteiger partial charge is 0.145 e. The summed E-state index contributed by atoms with van der Waals surface area (Å²) in [7, 11) is 0. The highest BCUT2D eigenvalue weighted by Crippen LogP contribution is 2.38. The molecule has 0 amide bonds. The van der Waals surface area contributed by atoms with E-state index < -0.39 is 0 Å². The van der Waals surface area contributed by atoms with Gasteiger partial charge in [-0.25, -0.2) is 4.98 Å². The van der Waals surface area contributed by atoms with Crippen LogP contribution in [0.25, 0.3) is 84.4 Å². The van der Waals surface area contributed by atoms with Gasteiger partial charge < -0.3 is 4.42 Å². The van der Waals surface area contributed by atoms with Crippen molar-refractivity contribution in [3.63, 3.8) is 0 Å². The molecule has 2 aromatic heterocycles. The molecule has 0 unspecified atom stereocenters. The van der Waals surface area contributed by atoms with Crippen LogP contribution < -0.4 is 5.22 Å². The van der Waals surface area contributed by atoms with Crippen LogP contribution in [-0.2, 0) is 0 Å². The van der Waals surface area contributed by atoms with Crippen LogP contribution in [0.4, 0.5) is 0 Å². The van der Waals surface area contributed by atoms with Crippen molar-refractivity contribution >= 4 is 56.2 Å². The summed E-state index contributed by atoms with van der Waals surface area (Å²) in [6, 6.07) is 44.7. The summed E-state index contributed by atoms with van der Waals surface area (Å²) in [5.41, 5.74) is 7.41. The van der Waals surface area contributed by atoms with Gasteiger partial charge in [0.25, 0.3) is 0 Å². The van der Waals surface area contributed by atoms with Crippen LogP contribution in [0.2, 0.25) is 0 Å². The first-order chi connectivity index (χ1) is 22.2. The van der Waals surface area contributed by atoms with Gasteiger partial charge in [0.2, 0.25) is 0 Å². The fraction of sp³-hybridized carbons (Fsp3) is 0.0714. The fourth-order valence-electron chi connectivity index (χ4n) is 6.55. The van der Waals surface area contributed by atoms with Crippen molar-refractivity contribution < 1.29 is 4.42 Å². The number of benzene rings is 6. The molecule has 0 N–H and O–H groups in total. The molecule has 0 aliphatic carbocycles. The Morgan fingerprint density at radius 3 is 2.24 bits per heavy atom. The van der Waals surface area contributed by atoms with Crippen molar-refractivity contribution in [2.24, 2.45) is 0 Å². The van der Waals surface area contributed by atoms with E-state index >= 15 is 0 Å². The topological polar surface area (TPSA) is 31.0 Å². The van der Waals surface area contributed by atoms with Crippen LogP contribution in [-0.4, -0.2) is 9.55 Å². The maximum absolute atomic E-state index is 6.72. The van der Waals surface area contributed by atoms with Gasteiger partial charge in [-0.15, -0.1) is 0 Å². The minimum atomic E-state index is 0.848. The summed E-state index contributed by atoms with van der Waals surface area (Å²) >= 11 is 0. The Kier molecular flexibility index (Phi) is 6.65. The average molecular weight is 581 g/mol. The molecule has 0 aliphatic rings. The number of hydrogen-bond acceptors (Lipinski definition) is 2. The Bertz CT molecular complexity index is 2450. The van der Waals surface area contributed by atoms with Crippen LogP contribution in [0.1, 0.15) is 25.5 Å². The Morgan fingerprint density at radius 2 is 1.42 bits per heavy atom. The highest BCUT2D eigenvalue weighted by atomic mass is 16.3. The van der Waals surface area contributed by atoms with Crippen molar-refractivity contribution in [2.45, 2.75) is 19.8 Å². The van der Waals surface area contributed by atoms with Crippen LogP contribution in [0.5, 0.6) is 0 Å². The predicted octanol–water partition coefficient (Wildman–Crippen LogP) is 10.9. The molecule has 0 aliphatic heterocycles. The summed E-state index contributed by atoms with van der Waals surface area (Å²) in [5.74, 6) is 1.78. The van der Waals surface area contributed by atoms with E-state index in [0.717, 1.165) is 90.0 Å². The first-order valence-electron chi connectivity index (χ1n) is 15.6. The first-order valence-corrected chi connectivity index (χ1v) is 15.6. The second kappa shape index (κ2) is 11.1. The number of fused-ring (bicyclic) bond motifs is 3. The third kappa shape index (κ3) is 4.56. The van der Waals surface area contributed by atoms with Crippen molar-refractivity contribution in [1.82, 2.24) is 9.55 Å². The second-order valence-corrected chi connectivity index (χ2v) is 11.5. The van der Waals surface area contributed by atoms with Crippen LogP contribution >= 0.6 is 0 Å². The van der Waals surface area contributed by atoms with Crippen molar-refractivity contribution in [3.8, 4) is 28.2 Å². The third-order valence-electron chi connectivity index (χ3n) is 8.66. The van der Waals surface area contributed by atoms with E-state index in [9.17, 15) is 0 Å². The number of nitrogens with zero attached hydrogens (tertiary/aromatic N) is 2. The highest BCUT2D eigenvalue weighted by molar-refractivity contribution is 6.20. The standard InChI is InChI=1S/C42H32N2O/c1-3-4-6-21-38-40-28(2)13-11-16-34(40)35-18-12-17-33-32(26-27-39(45-38)41(33)35)29-22-24-31(25-23-29)44-37-20-10-9-19-36(37)43-42(44)30-14-7-5-8-15-30/h5-27H,2-4H2,1H3. The monoisotopic (exact) mass is 580 g/mol. The van der Waals surface area contributed by atoms with Gasteiger partial charge in [0.05, 0.1) is 11.0 Å². The largest absolute Gasteiger partial charge is 0.456 e. The van der Waals surface area contributed by atoms with Gasteiger partial charge in [0.15, 0.2) is 0 Å². The number of rotatable bonds is 6. The second-order valence-electron chi connectivity index (χ2n) is 11.5. The summed E-state index contributed by atoms with van der Waals surface area (Å²) in [6.45, 7) is 6.57. The summed E-state index contributed by atoms with van der Waals surface area (Å²) < 4.78 is 8.97. The predicted molar refractivity (Wildman–Crippen MR) is 190 cm³/mol. The van der Waals surface area contributed by atoms with E-state index in [1.807, 2.05) is 12.1 Å². The van der Waals surface area contributed by atoms with E-state index in [1.54, 1.807) is 0 Å². The fourth-order valence-corrected chi connectivity index (χ4v) is 6.55. The van der Waals surface area contributed by atoms with Gasteiger partial charge in [-0.2, -0.15) is 0 Å². The Hall–Kier alpha value is -5.67. The van der Waals surface area contributed by atoms with Gasteiger partial charge >= 0.3 is 0 Å². The molecule has 0 bridgehead atoms. The number of imidazole rings is 1. The van der Waals surface area contributed by atoms with Crippen molar-refractivity contribution in [3.05, 3.63) is 144 Å². The molecule has 0 atom stereocenters. The molecular formula is C42H32N2O. The highest BCUT2D eigenvalue weighted by Gasteiger charge is 2.16. The van der Waals surface area contributed by atoms with Gasteiger partial charge in [-0.3, -0.25) is 4.57 Å². The van der Waals surface area contributed by atoms with Crippen LogP contribution in [0.3, 0.4) is 0 Å². The number of hydrogen-bond donors (Lipinski definition) is 0. The Balaban J connectivity index is 1.32. The van der Waals surface area contributed by atoms with Crippen LogP contribution in [0.15, 0.2) is 138 Å². The van der Waals surface area contributed by atoms with Gasteiger partial charge in [0, 0.05) is 22.0 Å². The molecule has 0 spiro atoms. The lowest BCUT2D eigenvalue weighted by molar-refractivity contribution is 0.601. The maximum atomic E-state index is 6.72. The lowest BCUT2D eigenvalue weighted by Crippen LogP contribution is -1.98. The van der Waals surface area contributed by atoms with Crippen LogP contribution in [0, 0.1) is 0 Å². The van der Waals surface area contributed by atoms with E-state index in [2.05, 4.69) is 145 Å². The van der Waals surface area contributed by atoms with Gasteiger partial charge in [-0.1, -0.05) is 123 Å². The minimum absolute atomic E-state index is 0.848. The zero-order valence-corrected chi connectivity index (χ0v) is 25.2. The van der Waals surface area contributed by atoms with Gasteiger partial charge in [0.1, 0.15) is 17.2 Å². The van der Waals surface area contributed by atoms with Crippen molar-refractivity contribution in [2.75, 3.05) is 0 Å². The van der Waals surface area contributed by atoms with Gasteiger partial charge in [-0.05, 0) is 75.3 Å². The summed E-state index contributed by atoms with van der Waals surface area (Å²) in [5, 5.41) is 6.62. The molecule has 216 valence electrons. The molecule has 2 heterocycles. The van der Waals surface area contributed by atoms with E-state index in [4.69, 9.17) is 9.40 Å². The number of aromatic nitrogens is 2. The lowest BCUT2D eigenvalue weighted by Gasteiger charge is -2.12. The molecule has 0 saturated heterocycles. The van der Waals surface area contributed by atoms with E-state index in [0.29, 0.717) is 0 Å². The molecule has 3 heteroatoms. The molecule has 0 fully saturated rings. The number of para-hydroxylation sites is 2. The Morgan fingerprint density at radius 1 is 0.689 bits per heavy atom. The Labute approximate surface area is 262 Å². The molecule has 8 rings (SSSR count). The zero-order valence-electron chi connectivity index (χ0n) is 25.2. The number of allylic oxidation sites excluding steroid dienone is 1. The van der Waals surface area contributed by atoms with E-state index in [-0.39, 0.29) is 0 Å². The molecule has 0 radical (unpaired) electrons. The quantitative estimate of drug-likeness (QED) is 0.196. The lowest BCUT2D eigenvalue weighted by atomic mass is 9.94. The zero-order chi connectivity index (χ0) is 30.3. The molecule has 3 nitrogen and oxygen atoms in total.